The maximum atomic E-state index is 9.91. The van der Waals surface area contributed by atoms with E-state index in [9.17, 15) is 5.11 Å². The summed E-state index contributed by atoms with van der Waals surface area (Å²) in [5.41, 5.74) is 1.13. The Kier molecular flexibility index (Phi) is 2.67. The molecular formula is C12H17NO2. The number of nitrogens with zero attached hydrogens (tertiary/aromatic N) is 1. The number of aliphatic hydroxyl groups is 1. The summed E-state index contributed by atoms with van der Waals surface area (Å²) in [5.74, 6) is -1.05. The third kappa shape index (κ3) is 2.49. The van der Waals surface area contributed by atoms with E-state index in [1.54, 1.807) is 6.92 Å². The van der Waals surface area contributed by atoms with E-state index in [1.807, 2.05) is 37.3 Å². The molecule has 82 valence electrons. The summed E-state index contributed by atoms with van der Waals surface area (Å²) in [7, 11) is 0. The lowest BCUT2D eigenvalue weighted by Gasteiger charge is -2.41. The number of rotatable bonds is 1. The van der Waals surface area contributed by atoms with Crippen LogP contribution in [0.25, 0.3) is 0 Å². The predicted molar refractivity (Wildman–Crippen MR) is 59.8 cm³/mol. The van der Waals surface area contributed by atoms with Crippen molar-refractivity contribution >= 4 is 5.69 Å². The molecule has 1 N–H and O–H groups in total. The highest BCUT2D eigenvalue weighted by molar-refractivity contribution is 5.46. The first-order valence-electron chi connectivity index (χ1n) is 5.27. The average molecular weight is 207 g/mol. The van der Waals surface area contributed by atoms with E-state index in [0.29, 0.717) is 6.54 Å². The van der Waals surface area contributed by atoms with Crippen molar-refractivity contribution in [2.75, 3.05) is 18.0 Å². The van der Waals surface area contributed by atoms with E-state index in [4.69, 9.17) is 4.74 Å². The molecule has 0 aromatic heterocycles. The van der Waals surface area contributed by atoms with Crippen molar-refractivity contribution in [1.29, 1.82) is 0 Å². The SMILES string of the molecule is CC1CN(c2ccccc2)CC(C)(O)O1. The smallest absolute Gasteiger partial charge is 0.180 e. The molecule has 1 aromatic rings. The summed E-state index contributed by atoms with van der Waals surface area (Å²) in [6, 6.07) is 10.1. The number of hydrogen-bond donors (Lipinski definition) is 1. The minimum atomic E-state index is -1.05. The molecule has 0 aliphatic carbocycles. The molecule has 0 saturated carbocycles. The van der Waals surface area contributed by atoms with Crippen LogP contribution in [0.1, 0.15) is 13.8 Å². The van der Waals surface area contributed by atoms with Crippen LogP contribution in [-0.4, -0.2) is 30.1 Å². The maximum absolute atomic E-state index is 9.91. The van der Waals surface area contributed by atoms with Crippen molar-refractivity contribution in [3.63, 3.8) is 0 Å². The fraction of sp³-hybridized carbons (Fsp3) is 0.500. The topological polar surface area (TPSA) is 32.7 Å². The van der Waals surface area contributed by atoms with Gasteiger partial charge in [-0.3, -0.25) is 0 Å². The van der Waals surface area contributed by atoms with Gasteiger partial charge in [0.2, 0.25) is 0 Å². The quantitative estimate of drug-likeness (QED) is 0.759. The van der Waals surface area contributed by atoms with E-state index < -0.39 is 5.79 Å². The molecule has 1 fully saturated rings. The Morgan fingerprint density at radius 1 is 1.40 bits per heavy atom. The molecule has 0 spiro atoms. The number of β-amino-alcohol motifs (C(OH)–C–C–N with tert-alkyl or cyclic N) is 1. The van der Waals surface area contributed by atoms with Gasteiger partial charge in [-0.2, -0.15) is 0 Å². The van der Waals surface area contributed by atoms with Crippen LogP contribution in [-0.2, 0) is 4.74 Å². The second-order valence-electron chi connectivity index (χ2n) is 4.32. The Morgan fingerprint density at radius 3 is 2.67 bits per heavy atom. The maximum Gasteiger partial charge on any atom is 0.180 e. The molecule has 1 aliphatic heterocycles. The number of anilines is 1. The zero-order chi connectivity index (χ0) is 10.9. The van der Waals surface area contributed by atoms with Crippen LogP contribution in [0.15, 0.2) is 30.3 Å². The largest absolute Gasteiger partial charge is 0.364 e. The van der Waals surface area contributed by atoms with Gasteiger partial charge in [0.25, 0.3) is 0 Å². The zero-order valence-corrected chi connectivity index (χ0v) is 9.18. The Morgan fingerprint density at radius 2 is 2.07 bits per heavy atom. The lowest BCUT2D eigenvalue weighted by atomic mass is 10.1. The number of morpholine rings is 1. The molecule has 3 heteroatoms. The summed E-state index contributed by atoms with van der Waals surface area (Å²) in [4.78, 5) is 2.15. The first-order chi connectivity index (χ1) is 7.07. The number of hydrogen-bond acceptors (Lipinski definition) is 3. The van der Waals surface area contributed by atoms with Crippen molar-refractivity contribution in [3.8, 4) is 0 Å². The molecule has 0 bridgehead atoms. The van der Waals surface area contributed by atoms with Gasteiger partial charge in [0, 0.05) is 12.2 Å². The van der Waals surface area contributed by atoms with Crippen molar-refractivity contribution < 1.29 is 9.84 Å². The molecule has 1 aliphatic rings. The highest BCUT2D eigenvalue weighted by Gasteiger charge is 2.33. The summed E-state index contributed by atoms with van der Waals surface area (Å²) in [6.45, 7) is 5.02. The zero-order valence-electron chi connectivity index (χ0n) is 9.18. The molecule has 0 radical (unpaired) electrons. The van der Waals surface area contributed by atoms with Crippen molar-refractivity contribution in [2.24, 2.45) is 0 Å². The van der Waals surface area contributed by atoms with Gasteiger partial charge in [0.1, 0.15) is 0 Å². The van der Waals surface area contributed by atoms with E-state index in [2.05, 4.69) is 4.90 Å². The van der Waals surface area contributed by atoms with Crippen LogP contribution in [0.4, 0.5) is 5.69 Å². The van der Waals surface area contributed by atoms with Gasteiger partial charge in [-0.05, 0) is 26.0 Å². The molecule has 3 nitrogen and oxygen atoms in total. The van der Waals surface area contributed by atoms with Crippen molar-refractivity contribution in [3.05, 3.63) is 30.3 Å². The summed E-state index contributed by atoms with van der Waals surface area (Å²) < 4.78 is 5.44. The van der Waals surface area contributed by atoms with Crippen LogP contribution in [0.2, 0.25) is 0 Å². The summed E-state index contributed by atoms with van der Waals surface area (Å²) in [5, 5.41) is 9.91. The van der Waals surface area contributed by atoms with E-state index in [0.717, 1.165) is 12.2 Å². The number of ether oxygens (including phenoxy) is 1. The van der Waals surface area contributed by atoms with Crippen LogP contribution in [0, 0.1) is 0 Å². The second kappa shape index (κ2) is 3.83. The van der Waals surface area contributed by atoms with E-state index >= 15 is 0 Å². The lowest BCUT2D eigenvalue weighted by molar-refractivity contribution is -0.219. The third-order valence-electron chi connectivity index (χ3n) is 2.54. The molecule has 1 saturated heterocycles. The Labute approximate surface area is 90.3 Å². The fourth-order valence-electron chi connectivity index (χ4n) is 2.07. The average Bonchev–Trinajstić information content (AvgIpc) is 2.16. The number of para-hydroxylation sites is 1. The van der Waals surface area contributed by atoms with E-state index in [1.165, 1.54) is 0 Å². The Bertz CT molecular complexity index is 324. The van der Waals surface area contributed by atoms with Gasteiger partial charge < -0.3 is 14.7 Å². The standard InChI is InChI=1S/C12H17NO2/c1-10-8-13(9-12(2,14)15-10)11-6-4-3-5-7-11/h3-7,10,14H,8-9H2,1-2H3. The fourth-order valence-corrected chi connectivity index (χ4v) is 2.07. The van der Waals surface area contributed by atoms with Gasteiger partial charge in [-0.25, -0.2) is 0 Å². The normalized spacial score (nSPS) is 31.7. The summed E-state index contributed by atoms with van der Waals surface area (Å²) in [6.07, 6.45) is 0.0500. The molecule has 0 amide bonds. The van der Waals surface area contributed by atoms with Gasteiger partial charge in [-0.1, -0.05) is 18.2 Å². The molecular weight excluding hydrogens is 190 g/mol. The van der Waals surface area contributed by atoms with Crippen LogP contribution in [0.5, 0.6) is 0 Å². The lowest BCUT2D eigenvalue weighted by Crippen LogP contribution is -2.53. The molecule has 2 atom stereocenters. The first kappa shape index (κ1) is 10.5. The molecule has 15 heavy (non-hydrogen) atoms. The monoisotopic (exact) mass is 207 g/mol. The predicted octanol–water partition coefficient (Wildman–Crippen LogP) is 1.62. The van der Waals surface area contributed by atoms with Crippen molar-refractivity contribution in [1.82, 2.24) is 0 Å². The van der Waals surface area contributed by atoms with Gasteiger partial charge in [0.05, 0.1) is 12.6 Å². The van der Waals surface area contributed by atoms with Gasteiger partial charge >= 0.3 is 0 Å². The van der Waals surface area contributed by atoms with Crippen LogP contribution >= 0.6 is 0 Å². The number of benzene rings is 1. The van der Waals surface area contributed by atoms with Crippen LogP contribution in [0.3, 0.4) is 0 Å². The molecule has 2 unspecified atom stereocenters. The minimum absolute atomic E-state index is 0.0500. The minimum Gasteiger partial charge on any atom is -0.364 e. The second-order valence-corrected chi connectivity index (χ2v) is 4.32. The Hall–Kier alpha value is -1.06. The van der Waals surface area contributed by atoms with Crippen molar-refractivity contribution in [2.45, 2.75) is 25.7 Å². The first-order valence-corrected chi connectivity index (χ1v) is 5.27. The van der Waals surface area contributed by atoms with Gasteiger partial charge in [0.15, 0.2) is 5.79 Å². The van der Waals surface area contributed by atoms with E-state index in [-0.39, 0.29) is 6.10 Å². The summed E-state index contributed by atoms with van der Waals surface area (Å²) >= 11 is 0. The molecule has 2 rings (SSSR count). The third-order valence-corrected chi connectivity index (χ3v) is 2.54. The Balaban J connectivity index is 2.17. The molecule has 1 aromatic carbocycles. The van der Waals surface area contributed by atoms with Crippen LogP contribution < -0.4 is 4.90 Å². The highest BCUT2D eigenvalue weighted by Crippen LogP contribution is 2.24. The molecule has 1 heterocycles. The van der Waals surface area contributed by atoms with Gasteiger partial charge in [-0.15, -0.1) is 0 Å². The highest BCUT2D eigenvalue weighted by atomic mass is 16.6.